The van der Waals surface area contributed by atoms with E-state index >= 15 is 0 Å². The Bertz CT molecular complexity index is 999. The molecular formula is C22H22BrN3O. The molecule has 4 nitrogen and oxygen atoms in total. The van der Waals surface area contributed by atoms with Crippen LogP contribution in [0.1, 0.15) is 51.3 Å². The van der Waals surface area contributed by atoms with Crippen molar-refractivity contribution in [3.63, 3.8) is 0 Å². The molecule has 0 amide bonds. The van der Waals surface area contributed by atoms with Crippen molar-refractivity contribution in [2.24, 2.45) is 12.5 Å². The lowest BCUT2D eigenvalue weighted by atomic mass is 9.96. The second-order valence-electron chi connectivity index (χ2n) is 7.17. The first-order valence-electron chi connectivity index (χ1n) is 8.68. The van der Waals surface area contributed by atoms with Gasteiger partial charge in [-0.1, -0.05) is 33.7 Å². The highest BCUT2D eigenvalue weighted by molar-refractivity contribution is 9.10. The highest BCUT2D eigenvalue weighted by atomic mass is 79.9. The highest BCUT2D eigenvalue weighted by Crippen LogP contribution is 2.34. The maximum atomic E-state index is 10.3. The number of benzene rings is 1. The van der Waals surface area contributed by atoms with Crippen LogP contribution in [-0.2, 0) is 7.05 Å². The largest absolute Gasteiger partial charge is 0.507 e. The van der Waals surface area contributed by atoms with Gasteiger partial charge in [0.25, 0.3) is 0 Å². The number of nitriles is 1. The molecule has 0 aliphatic rings. The molecule has 0 aliphatic heterocycles. The smallest absolute Gasteiger partial charge is 0.127 e. The van der Waals surface area contributed by atoms with Gasteiger partial charge in [0, 0.05) is 35.3 Å². The van der Waals surface area contributed by atoms with Crippen LogP contribution >= 0.6 is 15.9 Å². The molecule has 0 bridgehead atoms. The average molecular weight is 424 g/mol. The van der Waals surface area contributed by atoms with E-state index < -0.39 is 0 Å². The monoisotopic (exact) mass is 423 g/mol. The topological polar surface area (TPSA) is 61.8 Å². The molecular weight excluding hydrogens is 402 g/mol. The first kappa shape index (κ1) is 20.6. The number of rotatable bonds is 3. The fourth-order valence-electron chi connectivity index (χ4n) is 2.32. The summed E-state index contributed by atoms with van der Waals surface area (Å²) in [7, 11) is 1.82. The van der Waals surface area contributed by atoms with Crippen LogP contribution in [0.2, 0.25) is 0 Å². The number of aromatic hydroxyl groups is 1. The molecule has 0 saturated carbocycles. The third-order valence-electron chi connectivity index (χ3n) is 3.62. The predicted molar refractivity (Wildman–Crippen MR) is 111 cm³/mol. The van der Waals surface area contributed by atoms with Crippen LogP contribution in [0.3, 0.4) is 0 Å². The van der Waals surface area contributed by atoms with Gasteiger partial charge in [-0.15, -0.1) is 0 Å². The standard InChI is InChI=1S/C22H22BrN3O/c1-22(2,3)13-12-17-19(9-7-5-6-8-14-24)26(4)25-21(17)18-15-16(23)10-11-20(18)27/h10-11,15,27H,5-6,8H2,1-4H3. The molecule has 0 saturated heterocycles. The van der Waals surface area contributed by atoms with E-state index in [2.05, 4.69) is 50.8 Å². The third-order valence-corrected chi connectivity index (χ3v) is 4.11. The maximum absolute atomic E-state index is 10.3. The van der Waals surface area contributed by atoms with Gasteiger partial charge in [-0.05, 0) is 51.3 Å². The Kier molecular flexibility index (Phi) is 6.73. The average Bonchev–Trinajstić information content (AvgIpc) is 2.90. The summed E-state index contributed by atoms with van der Waals surface area (Å²) in [5, 5.41) is 23.5. The zero-order valence-electron chi connectivity index (χ0n) is 16.0. The number of nitrogens with zero attached hydrogens (tertiary/aromatic N) is 3. The van der Waals surface area contributed by atoms with E-state index in [1.165, 1.54) is 0 Å². The van der Waals surface area contributed by atoms with Crippen molar-refractivity contribution in [2.45, 2.75) is 40.0 Å². The molecule has 2 aromatic rings. The minimum atomic E-state index is -0.177. The summed E-state index contributed by atoms with van der Waals surface area (Å²) < 4.78 is 2.54. The minimum Gasteiger partial charge on any atom is -0.507 e. The van der Waals surface area contributed by atoms with Crippen LogP contribution in [0, 0.1) is 40.4 Å². The van der Waals surface area contributed by atoms with Crippen molar-refractivity contribution >= 4 is 15.9 Å². The Balaban J connectivity index is 2.60. The number of aromatic nitrogens is 2. The zero-order chi connectivity index (χ0) is 20.0. The van der Waals surface area contributed by atoms with Gasteiger partial charge in [-0.3, -0.25) is 4.68 Å². The summed E-state index contributed by atoms with van der Waals surface area (Å²) in [6.45, 7) is 6.12. The van der Waals surface area contributed by atoms with Crippen LogP contribution in [-0.4, -0.2) is 14.9 Å². The Morgan fingerprint density at radius 2 is 1.96 bits per heavy atom. The Labute approximate surface area is 169 Å². The van der Waals surface area contributed by atoms with Crippen LogP contribution in [0.5, 0.6) is 5.75 Å². The van der Waals surface area contributed by atoms with E-state index in [1.807, 2.05) is 33.9 Å². The molecule has 0 fully saturated rings. The summed E-state index contributed by atoms with van der Waals surface area (Å²) in [6.07, 6.45) is 1.87. The predicted octanol–water partition coefficient (Wildman–Crippen LogP) is 5.00. The van der Waals surface area contributed by atoms with Crippen molar-refractivity contribution in [1.82, 2.24) is 9.78 Å². The van der Waals surface area contributed by atoms with Gasteiger partial charge in [-0.2, -0.15) is 10.4 Å². The van der Waals surface area contributed by atoms with E-state index in [4.69, 9.17) is 5.26 Å². The molecule has 138 valence electrons. The van der Waals surface area contributed by atoms with Crippen molar-refractivity contribution in [3.8, 4) is 46.8 Å². The summed E-state index contributed by atoms with van der Waals surface area (Å²) in [4.78, 5) is 0. The minimum absolute atomic E-state index is 0.142. The Morgan fingerprint density at radius 1 is 1.22 bits per heavy atom. The number of phenolic OH excluding ortho intramolecular Hbond substituents is 1. The van der Waals surface area contributed by atoms with Gasteiger partial charge in [0.15, 0.2) is 0 Å². The van der Waals surface area contributed by atoms with Crippen LogP contribution < -0.4 is 0 Å². The van der Waals surface area contributed by atoms with Crippen molar-refractivity contribution in [2.75, 3.05) is 0 Å². The quantitative estimate of drug-likeness (QED) is 0.557. The normalized spacial score (nSPS) is 10.4. The number of hydrogen-bond donors (Lipinski definition) is 1. The van der Waals surface area contributed by atoms with E-state index in [0.717, 1.165) is 10.9 Å². The van der Waals surface area contributed by atoms with Crippen molar-refractivity contribution in [3.05, 3.63) is 33.9 Å². The Morgan fingerprint density at radius 3 is 2.63 bits per heavy atom. The van der Waals surface area contributed by atoms with Gasteiger partial charge in [0.1, 0.15) is 17.1 Å². The zero-order valence-corrected chi connectivity index (χ0v) is 17.6. The van der Waals surface area contributed by atoms with Gasteiger partial charge < -0.3 is 5.11 Å². The van der Waals surface area contributed by atoms with Crippen LogP contribution in [0.4, 0.5) is 0 Å². The maximum Gasteiger partial charge on any atom is 0.127 e. The number of hydrogen-bond acceptors (Lipinski definition) is 3. The third kappa shape index (κ3) is 5.65. The van der Waals surface area contributed by atoms with Gasteiger partial charge >= 0.3 is 0 Å². The molecule has 0 unspecified atom stereocenters. The second-order valence-corrected chi connectivity index (χ2v) is 8.09. The fraction of sp³-hybridized carbons (Fsp3) is 0.364. The summed E-state index contributed by atoms with van der Waals surface area (Å²) in [5.74, 6) is 12.9. The molecule has 1 aromatic heterocycles. The SMILES string of the molecule is Cn1nc(-c2cc(Br)ccc2O)c(C#CC(C)(C)C)c1C#CCCCC#N. The molecule has 1 heterocycles. The van der Waals surface area contributed by atoms with E-state index in [-0.39, 0.29) is 11.2 Å². The van der Waals surface area contributed by atoms with E-state index in [1.54, 1.807) is 16.8 Å². The molecule has 0 aliphatic carbocycles. The number of phenols is 1. The van der Waals surface area contributed by atoms with Gasteiger partial charge in [0.05, 0.1) is 11.6 Å². The highest BCUT2D eigenvalue weighted by Gasteiger charge is 2.18. The fourth-order valence-corrected chi connectivity index (χ4v) is 2.69. The van der Waals surface area contributed by atoms with E-state index in [9.17, 15) is 5.11 Å². The molecule has 5 heteroatoms. The first-order chi connectivity index (χ1) is 12.7. The van der Waals surface area contributed by atoms with Gasteiger partial charge in [-0.25, -0.2) is 0 Å². The molecule has 27 heavy (non-hydrogen) atoms. The lowest BCUT2D eigenvalue weighted by Crippen LogP contribution is -2.00. The molecule has 0 atom stereocenters. The number of halogens is 1. The molecule has 1 N–H and O–H groups in total. The summed E-state index contributed by atoms with van der Waals surface area (Å²) >= 11 is 3.44. The molecule has 2 rings (SSSR count). The molecule has 0 radical (unpaired) electrons. The van der Waals surface area contributed by atoms with E-state index in [0.29, 0.717) is 35.4 Å². The number of unbranched alkanes of at least 4 members (excludes halogenated alkanes) is 2. The molecule has 1 aromatic carbocycles. The van der Waals surface area contributed by atoms with Crippen LogP contribution in [0.15, 0.2) is 22.7 Å². The molecule has 0 spiro atoms. The first-order valence-corrected chi connectivity index (χ1v) is 9.47. The van der Waals surface area contributed by atoms with Crippen LogP contribution in [0.25, 0.3) is 11.3 Å². The lowest BCUT2D eigenvalue weighted by molar-refractivity contribution is 0.477. The summed E-state index contributed by atoms with van der Waals surface area (Å²) in [5.41, 5.74) is 2.45. The van der Waals surface area contributed by atoms with Gasteiger partial charge in [0.2, 0.25) is 0 Å². The lowest BCUT2D eigenvalue weighted by Gasteiger charge is -2.07. The van der Waals surface area contributed by atoms with Crippen molar-refractivity contribution < 1.29 is 5.11 Å². The second kappa shape index (κ2) is 8.81. The Hall–Kier alpha value is -2.68. The number of aryl methyl sites for hydroxylation is 1. The summed E-state index contributed by atoms with van der Waals surface area (Å²) in [6, 6.07) is 7.35. The van der Waals surface area contributed by atoms with Crippen molar-refractivity contribution in [1.29, 1.82) is 5.26 Å².